The fourth-order valence-electron chi connectivity index (χ4n) is 1.98. The monoisotopic (exact) mass is 348 g/mol. The molecule has 2 aromatic rings. The van der Waals surface area contributed by atoms with E-state index in [0.29, 0.717) is 12.2 Å². The van der Waals surface area contributed by atoms with Crippen molar-refractivity contribution < 1.29 is 23.1 Å². The SMILES string of the molecule is CC(Oc1ccc(F)cc1)C(=O)NNC(=O)CCc1ccc(F)cc1. The maximum Gasteiger partial charge on any atom is 0.279 e. The average molecular weight is 348 g/mol. The first kappa shape index (κ1) is 18.4. The number of carbonyl (C=O) groups excluding carboxylic acids is 2. The van der Waals surface area contributed by atoms with Crippen LogP contribution in [-0.2, 0) is 16.0 Å². The van der Waals surface area contributed by atoms with Crippen LogP contribution in [-0.4, -0.2) is 17.9 Å². The van der Waals surface area contributed by atoms with Crippen LogP contribution >= 0.6 is 0 Å². The molecule has 5 nitrogen and oxygen atoms in total. The molecule has 0 heterocycles. The summed E-state index contributed by atoms with van der Waals surface area (Å²) in [5.74, 6) is -1.33. The predicted molar refractivity (Wildman–Crippen MR) is 87.5 cm³/mol. The zero-order valence-electron chi connectivity index (χ0n) is 13.6. The van der Waals surface area contributed by atoms with Crippen molar-refractivity contribution in [1.29, 1.82) is 0 Å². The highest BCUT2D eigenvalue weighted by molar-refractivity contribution is 5.84. The molecule has 0 fully saturated rings. The number of hydrazine groups is 1. The summed E-state index contributed by atoms with van der Waals surface area (Å²) in [5.41, 5.74) is 5.36. The normalized spacial score (nSPS) is 11.5. The van der Waals surface area contributed by atoms with E-state index < -0.39 is 17.8 Å². The number of rotatable bonds is 6. The predicted octanol–water partition coefficient (Wildman–Crippen LogP) is 2.51. The first-order valence-corrected chi connectivity index (χ1v) is 7.69. The van der Waals surface area contributed by atoms with E-state index >= 15 is 0 Å². The number of carbonyl (C=O) groups is 2. The molecular weight excluding hydrogens is 330 g/mol. The minimum absolute atomic E-state index is 0.138. The van der Waals surface area contributed by atoms with Crippen molar-refractivity contribution in [2.24, 2.45) is 0 Å². The largest absolute Gasteiger partial charge is 0.481 e. The van der Waals surface area contributed by atoms with E-state index in [-0.39, 0.29) is 18.1 Å². The summed E-state index contributed by atoms with van der Waals surface area (Å²) in [6.07, 6.45) is -0.314. The van der Waals surface area contributed by atoms with E-state index in [4.69, 9.17) is 4.74 Å². The van der Waals surface area contributed by atoms with Gasteiger partial charge in [-0.25, -0.2) is 8.78 Å². The number of amides is 2. The molecule has 0 saturated heterocycles. The van der Waals surface area contributed by atoms with Gasteiger partial charge in [0.15, 0.2) is 6.10 Å². The van der Waals surface area contributed by atoms with E-state index in [1.165, 1.54) is 43.3 Å². The van der Waals surface area contributed by atoms with Crippen LogP contribution in [0.3, 0.4) is 0 Å². The molecule has 0 bridgehead atoms. The third kappa shape index (κ3) is 6.21. The lowest BCUT2D eigenvalue weighted by atomic mass is 10.1. The number of hydrogen-bond acceptors (Lipinski definition) is 3. The Morgan fingerprint density at radius 3 is 2.12 bits per heavy atom. The van der Waals surface area contributed by atoms with Crippen molar-refractivity contribution >= 4 is 11.8 Å². The minimum Gasteiger partial charge on any atom is -0.481 e. The van der Waals surface area contributed by atoms with Crippen LogP contribution in [0.15, 0.2) is 48.5 Å². The van der Waals surface area contributed by atoms with Gasteiger partial charge in [0.25, 0.3) is 5.91 Å². The van der Waals surface area contributed by atoms with Crippen LogP contribution in [0.4, 0.5) is 8.78 Å². The number of nitrogens with one attached hydrogen (secondary N) is 2. The number of hydrogen-bond donors (Lipinski definition) is 2. The highest BCUT2D eigenvalue weighted by Crippen LogP contribution is 2.12. The highest BCUT2D eigenvalue weighted by atomic mass is 19.1. The summed E-state index contributed by atoms with van der Waals surface area (Å²) < 4.78 is 30.9. The Balaban J connectivity index is 1.71. The van der Waals surface area contributed by atoms with Gasteiger partial charge in [-0.2, -0.15) is 0 Å². The van der Waals surface area contributed by atoms with Crippen molar-refractivity contribution in [1.82, 2.24) is 10.9 Å². The van der Waals surface area contributed by atoms with Gasteiger partial charge in [0.1, 0.15) is 17.4 Å². The van der Waals surface area contributed by atoms with E-state index in [0.717, 1.165) is 5.56 Å². The van der Waals surface area contributed by atoms with Crippen LogP contribution in [0.5, 0.6) is 5.75 Å². The molecule has 25 heavy (non-hydrogen) atoms. The van der Waals surface area contributed by atoms with E-state index in [9.17, 15) is 18.4 Å². The Labute approximate surface area is 144 Å². The zero-order chi connectivity index (χ0) is 18.2. The minimum atomic E-state index is -0.872. The summed E-state index contributed by atoms with van der Waals surface area (Å²) in [5, 5.41) is 0. The molecule has 0 saturated carbocycles. The molecule has 7 heteroatoms. The average Bonchev–Trinajstić information content (AvgIpc) is 2.61. The Morgan fingerprint density at radius 2 is 1.52 bits per heavy atom. The van der Waals surface area contributed by atoms with Crippen molar-refractivity contribution in [3.05, 3.63) is 65.7 Å². The van der Waals surface area contributed by atoms with Crippen LogP contribution in [0.25, 0.3) is 0 Å². The maximum atomic E-state index is 12.8. The maximum absolute atomic E-state index is 12.8. The van der Waals surface area contributed by atoms with Gasteiger partial charge in [-0.15, -0.1) is 0 Å². The van der Waals surface area contributed by atoms with Gasteiger partial charge < -0.3 is 4.74 Å². The van der Waals surface area contributed by atoms with Crippen molar-refractivity contribution in [3.8, 4) is 5.75 Å². The number of aryl methyl sites for hydroxylation is 1. The Kier molecular flexibility index (Phi) is 6.45. The molecule has 2 rings (SSSR count). The summed E-state index contributed by atoms with van der Waals surface area (Å²) in [4.78, 5) is 23.6. The second kappa shape index (κ2) is 8.77. The molecule has 2 amide bonds. The van der Waals surface area contributed by atoms with Gasteiger partial charge in [-0.1, -0.05) is 12.1 Å². The fourth-order valence-corrected chi connectivity index (χ4v) is 1.98. The molecule has 0 aliphatic rings. The molecule has 1 unspecified atom stereocenters. The van der Waals surface area contributed by atoms with Crippen LogP contribution in [0.2, 0.25) is 0 Å². The first-order chi connectivity index (χ1) is 11.9. The van der Waals surface area contributed by atoms with E-state index in [1.54, 1.807) is 12.1 Å². The molecule has 0 radical (unpaired) electrons. The van der Waals surface area contributed by atoms with E-state index in [2.05, 4.69) is 10.9 Å². The third-order valence-electron chi connectivity index (χ3n) is 3.37. The smallest absolute Gasteiger partial charge is 0.279 e. The van der Waals surface area contributed by atoms with Gasteiger partial charge in [-0.3, -0.25) is 20.4 Å². The van der Waals surface area contributed by atoms with Gasteiger partial charge >= 0.3 is 0 Å². The second-order valence-electron chi connectivity index (χ2n) is 5.38. The number of ether oxygens (including phenoxy) is 1. The lowest BCUT2D eigenvalue weighted by Crippen LogP contribution is -2.47. The van der Waals surface area contributed by atoms with Crippen molar-refractivity contribution in [3.63, 3.8) is 0 Å². The quantitative estimate of drug-likeness (QED) is 0.789. The van der Waals surface area contributed by atoms with Crippen LogP contribution < -0.4 is 15.6 Å². The first-order valence-electron chi connectivity index (χ1n) is 7.69. The van der Waals surface area contributed by atoms with Gasteiger partial charge in [-0.05, 0) is 55.3 Å². The summed E-state index contributed by atoms with van der Waals surface area (Å²) >= 11 is 0. The molecule has 2 N–H and O–H groups in total. The number of benzene rings is 2. The summed E-state index contributed by atoms with van der Waals surface area (Å²) in [6, 6.07) is 11.1. The van der Waals surface area contributed by atoms with Gasteiger partial charge in [0.05, 0.1) is 0 Å². The van der Waals surface area contributed by atoms with Crippen LogP contribution in [0, 0.1) is 11.6 Å². The van der Waals surface area contributed by atoms with Crippen LogP contribution in [0.1, 0.15) is 18.9 Å². The summed E-state index contributed by atoms with van der Waals surface area (Å²) in [6.45, 7) is 1.50. The van der Waals surface area contributed by atoms with Gasteiger partial charge in [0.2, 0.25) is 5.91 Å². The lowest BCUT2D eigenvalue weighted by molar-refractivity contribution is -0.132. The fraction of sp³-hybridized carbons (Fsp3) is 0.222. The standard InChI is InChI=1S/C18H18F2N2O3/c1-12(25-16-9-7-15(20)8-10-16)18(24)22-21-17(23)11-4-13-2-5-14(19)6-3-13/h2-3,5-10,12H,4,11H2,1H3,(H,21,23)(H,22,24). The highest BCUT2D eigenvalue weighted by Gasteiger charge is 2.15. The molecular formula is C18H18F2N2O3. The molecule has 0 aromatic heterocycles. The topological polar surface area (TPSA) is 67.4 Å². The van der Waals surface area contributed by atoms with Gasteiger partial charge in [0, 0.05) is 6.42 Å². The molecule has 132 valence electrons. The lowest BCUT2D eigenvalue weighted by Gasteiger charge is -2.15. The summed E-state index contributed by atoms with van der Waals surface area (Å²) in [7, 11) is 0. The second-order valence-corrected chi connectivity index (χ2v) is 5.38. The third-order valence-corrected chi connectivity index (χ3v) is 3.37. The molecule has 0 aliphatic heterocycles. The Morgan fingerprint density at radius 1 is 0.960 bits per heavy atom. The molecule has 1 atom stereocenters. The molecule has 2 aromatic carbocycles. The Hall–Kier alpha value is -2.96. The van der Waals surface area contributed by atoms with Crippen molar-refractivity contribution in [2.75, 3.05) is 0 Å². The Bertz CT molecular complexity index is 718. The van der Waals surface area contributed by atoms with Crippen molar-refractivity contribution in [2.45, 2.75) is 25.9 Å². The number of halogens is 2. The van der Waals surface area contributed by atoms with E-state index in [1.807, 2.05) is 0 Å². The molecule has 0 spiro atoms. The zero-order valence-corrected chi connectivity index (χ0v) is 13.6. The molecule has 0 aliphatic carbocycles.